The first-order valence-corrected chi connectivity index (χ1v) is 11.2. The van der Waals surface area contributed by atoms with Gasteiger partial charge < -0.3 is 4.74 Å². The molecule has 0 aliphatic carbocycles. The Morgan fingerprint density at radius 2 is 1.19 bits per heavy atom. The van der Waals surface area contributed by atoms with Gasteiger partial charge in [0.15, 0.2) is 0 Å². The van der Waals surface area contributed by atoms with E-state index < -0.39 is 0 Å². The predicted molar refractivity (Wildman–Crippen MR) is 113 cm³/mol. The summed E-state index contributed by atoms with van der Waals surface area (Å²) in [7, 11) is 0. The summed E-state index contributed by atoms with van der Waals surface area (Å²) >= 11 is 0. The molecule has 0 aromatic rings. The lowest BCUT2D eigenvalue weighted by Gasteiger charge is -2.43. The van der Waals surface area contributed by atoms with Crippen LogP contribution in [0.3, 0.4) is 0 Å². The van der Waals surface area contributed by atoms with E-state index >= 15 is 0 Å². The van der Waals surface area contributed by atoms with Crippen molar-refractivity contribution < 1.29 is 14.0 Å². The standard InChI is InChI=1S/C23H46NO2/c1-6-10-13-16-19-24(20-17-14-11-7-2,21-18-15-12-8-3)22(5)26-23(25)9-4/h9,22H,4,6-8,10-21H2,1-3,5H3/q+1. The van der Waals surface area contributed by atoms with Crippen molar-refractivity contribution in [2.75, 3.05) is 19.6 Å². The van der Waals surface area contributed by atoms with Crippen LogP contribution in [0.2, 0.25) is 0 Å². The van der Waals surface area contributed by atoms with Gasteiger partial charge in [-0.15, -0.1) is 0 Å². The predicted octanol–water partition coefficient (Wildman–Crippen LogP) is 6.62. The molecule has 0 spiro atoms. The molecule has 0 fully saturated rings. The highest BCUT2D eigenvalue weighted by atomic mass is 16.6. The fraction of sp³-hybridized carbons (Fsp3) is 0.870. The van der Waals surface area contributed by atoms with Gasteiger partial charge in [-0.05, 0) is 38.5 Å². The molecule has 1 unspecified atom stereocenters. The monoisotopic (exact) mass is 368 g/mol. The van der Waals surface area contributed by atoms with E-state index in [1.165, 1.54) is 83.1 Å². The Bertz CT molecular complexity index is 323. The summed E-state index contributed by atoms with van der Waals surface area (Å²) in [5.74, 6) is -0.282. The lowest BCUT2D eigenvalue weighted by atomic mass is 10.1. The third-order valence-corrected chi connectivity index (χ3v) is 5.60. The third kappa shape index (κ3) is 11.0. The Hall–Kier alpha value is -0.830. The number of rotatable bonds is 18. The second kappa shape index (κ2) is 16.4. The molecule has 3 nitrogen and oxygen atoms in total. The maximum Gasteiger partial charge on any atom is 0.334 e. The number of esters is 1. The second-order valence-corrected chi connectivity index (χ2v) is 7.81. The van der Waals surface area contributed by atoms with Crippen LogP contribution in [0.5, 0.6) is 0 Å². The fourth-order valence-electron chi connectivity index (χ4n) is 3.77. The summed E-state index contributed by atoms with van der Waals surface area (Å²) in [6, 6.07) is 0. The van der Waals surface area contributed by atoms with E-state index in [9.17, 15) is 4.79 Å². The summed E-state index contributed by atoms with van der Waals surface area (Å²) in [4.78, 5) is 11.8. The zero-order valence-electron chi connectivity index (χ0n) is 18.2. The van der Waals surface area contributed by atoms with Gasteiger partial charge in [0, 0.05) is 13.0 Å². The van der Waals surface area contributed by atoms with E-state index in [1.54, 1.807) is 0 Å². The quantitative estimate of drug-likeness (QED) is 0.0893. The maximum absolute atomic E-state index is 11.8. The maximum atomic E-state index is 11.8. The first-order chi connectivity index (χ1) is 12.6. The minimum atomic E-state index is -0.282. The zero-order valence-corrected chi connectivity index (χ0v) is 18.2. The van der Waals surface area contributed by atoms with Gasteiger partial charge in [-0.1, -0.05) is 65.9 Å². The van der Waals surface area contributed by atoms with Crippen LogP contribution in [-0.2, 0) is 9.53 Å². The van der Waals surface area contributed by atoms with Crippen molar-refractivity contribution in [3.8, 4) is 0 Å². The fourth-order valence-corrected chi connectivity index (χ4v) is 3.77. The molecule has 0 aliphatic rings. The van der Waals surface area contributed by atoms with Crippen LogP contribution in [0.1, 0.15) is 105 Å². The number of hydrogen-bond acceptors (Lipinski definition) is 2. The molecule has 0 saturated heterocycles. The van der Waals surface area contributed by atoms with Gasteiger partial charge in [0.05, 0.1) is 19.6 Å². The largest absolute Gasteiger partial charge is 0.410 e. The van der Waals surface area contributed by atoms with Gasteiger partial charge in [0.25, 0.3) is 0 Å². The normalized spacial score (nSPS) is 12.8. The number of ether oxygens (including phenoxy) is 1. The minimum absolute atomic E-state index is 0.0784. The van der Waals surface area contributed by atoms with E-state index in [0.29, 0.717) is 0 Å². The van der Waals surface area contributed by atoms with E-state index in [0.717, 1.165) is 24.1 Å². The number of quaternary nitrogens is 1. The van der Waals surface area contributed by atoms with Crippen LogP contribution >= 0.6 is 0 Å². The molecular weight excluding hydrogens is 322 g/mol. The molecule has 3 heteroatoms. The molecule has 0 aromatic carbocycles. The smallest absolute Gasteiger partial charge is 0.334 e. The zero-order chi connectivity index (χ0) is 19.7. The molecule has 0 N–H and O–H groups in total. The minimum Gasteiger partial charge on any atom is -0.410 e. The van der Waals surface area contributed by atoms with Crippen LogP contribution in [0.15, 0.2) is 12.7 Å². The van der Waals surface area contributed by atoms with Gasteiger partial charge in [-0.2, -0.15) is 0 Å². The van der Waals surface area contributed by atoms with Crippen molar-refractivity contribution in [1.29, 1.82) is 0 Å². The van der Waals surface area contributed by atoms with Gasteiger partial charge >= 0.3 is 5.97 Å². The van der Waals surface area contributed by atoms with Gasteiger partial charge in [-0.25, -0.2) is 4.79 Å². The summed E-state index contributed by atoms with van der Waals surface area (Å²) < 4.78 is 6.69. The highest BCUT2D eigenvalue weighted by Crippen LogP contribution is 2.22. The first-order valence-electron chi connectivity index (χ1n) is 11.2. The van der Waals surface area contributed by atoms with Crippen LogP contribution in [0.4, 0.5) is 0 Å². The number of carbonyl (C=O) groups is 1. The molecule has 0 heterocycles. The molecule has 154 valence electrons. The van der Waals surface area contributed by atoms with Crippen molar-refractivity contribution in [2.45, 2.75) is 111 Å². The van der Waals surface area contributed by atoms with E-state index in [4.69, 9.17) is 4.74 Å². The number of carbonyl (C=O) groups excluding carboxylic acids is 1. The number of nitrogens with zero attached hydrogens (tertiary/aromatic N) is 1. The lowest BCUT2D eigenvalue weighted by molar-refractivity contribution is -0.968. The Morgan fingerprint density at radius 3 is 1.50 bits per heavy atom. The molecule has 0 saturated carbocycles. The van der Waals surface area contributed by atoms with Crippen molar-refractivity contribution in [2.24, 2.45) is 0 Å². The second-order valence-electron chi connectivity index (χ2n) is 7.81. The van der Waals surface area contributed by atoms with Gasteiger partial charge in [0.2, 0.25) is 6.23 Å². The average molecular weight is 369 g/mol. The summed E-state index contributed by atoms with van der Waals surface area (Å²) in [6.07, 6.45) is 16.4. The molecular formula is C23H46NO2+. The first kappa shape index (κ1) is 25.2. The highest BCUT2D eigenvalue weighted by Gasteiger charge is 2.35. The van der Waals surface area contributed by atoms with Crippen molar-refractivity contribution in [3.05, 3.63) is 12.7 Å². The Labute approximate surface area is 163 Å². The molecule has 0 aromatic heterocycles. The van der Waals surface area contributed by atoms with Crippen molar-refractivity contribution in [1.82, 2.24) is 0 Å². The van der Waals surface area contributed by atoms with Crippen molar-refractivity contribution in [3.63, 3.8) is 0 Å². The highest BCUT2D eigenvalue weighted by molar-refractivity contribution is 5.81. The van der Waals surface area contributed by atoms with Gasteiger partial charge in [0.1, 0.15) is 0 Å². The van der Waals surface area contributed by atoms with Gasteiger partial charge in [-0.3, -0.25) is 4.48 Å². The van der Waals surface area contributed by atoms with Crippen LogP contribution in [0.25, 0.3) is 0 Å². The summed E-state index contributed by atoms with van der Waals surface area (Å²) in [5, 5.41) is 0. The van der Waals surface area contributed by atoms with E-state index in [-0.39, 0.29) is 12.2 Å². The third-order valence-electron chi connectivity index (χ3n) is 5.60. The Kier molecular flexibility index (Phi) is 15.8. The number of unbranched alkanes of at least 4 members (excludes halogenated alkanes) is 9. The molecule has 26 heavy (non-hydrogen) atoms. The molecule has 0 aliphatic heterocycles. The van der Waals surface area contributed by atoms with Crippen LogP contribution in [-0.4, -0.2) is 36.3 Å². The SMILES string of the molecule is C=CC(=O)OC(C)[N+](CCCCCC)(CCCCCC)CCCCCC. The summed E-state index contributed by atoms with van der Waals surface area (Å²) in [6.45, 7) is 15.8. The van der Waals surface area contributed by atoms with Crippen molar-refractivity contribution >= 4 is 5.97 Å². The van der Waals surface area contributed by atoms with Crippen LogP contribution in [0, 0.1) is 0 Å². The van der Waals surface area contributed by atoms with E-state index in [2.05, 4.69) is 34.3 Å². The molecule has 0 bridgehead atoms. The molecule has 1 atom stereocenters. The molecule has 0 amide bonds. The number of hydrogen-bond donors (Lipinski definition) is 0. The van der Waals surface area contributed by atoms with E-state index in [1.807, 2.05) is 0 Å². The summed E-state index contributed by atoms with van der Waals surface area (Å²) in [5.41, 5.74) is 0. The Morgan fingerprint density at radius 1 is 0.808 bits per heavy atom. The molecule has 0 rings (SSSR count). The molecule has 0 radical (unpaired) electrons. The lowest BCUT2D eigenvalue weighted by Crippen LogP contribution is -2.57. The van der Waals surface area contributed by atoms with Crippen LogP contribution < -0.4 is 0 Å². The average Bonchev–Trinajstić information content (AvgIpc) is 2.64. The Balaban J connectivity index is 5.07. The topological polar surface area (TPSA) is 26.3 Å².